The topological polar surface area (TPSA) is 82.9 Å². The third-order valence-electron chi connectivity index (χ3n) is 7.26. The number of amidine groups is 1. The summed E-state index contributed by atoms with van der Waals surface area (Å²) in [4.78, 5) is 24.6. The molecule has 154 valence electrons. The van der Waals surface area contributed by atoms with Crippen molar-refractivity contribution < 1.29 is 9.59 Å². The van der Waals surface area contributed by atoms with E-state index in [9.17, 15) is 9.59 Å². The predicted molar refractivity (Wildman–Crippen MR) is 118 cm³/mol. The Hall–Kier alpha value is -2.15. The second kappa shape index (κ2) is 7.27. The quantitative estimate of drug-likeness (QED) is 0.730. The number of hydrogen-bond acceptors (Lipinski definition) is 5. The number of thioether (sulfide) groups is 1. The van der Waals surface area contributed by atoms with Crippen LogP contribution < -0.4 is 10.6 Å². The molecule has 7 heteroatoms. The second-order valence-electron chi connectivity index (χ2n) is 9.16. The predicted octanol–water partition coefficient (Wildman–Crippen LogP) is 4.11. The van der Waals surface area contributed by atoms with Gasteiger partial charge in [-0.05, 0) is 49.7 Å². The number of amides is 2. The molecular formula is C22H28N4O2S. The molecule has 3 aliphatic rings. The van der Waals surface area contributed by atoms with Gasteiger partial charge in [0.1, 0.15) is 5.25 Å². The van der Waals surface area contributed by atoms with E-state index < -0.39 is 5.25 Å². The van der Waals surface area contributed by atoms with Gasteiger partial charge in [-0.15, -0.1) is 5.10 Å². The third-order valence-corrected chi connectivity index (χ3v) is 8.33. The van der Waals surface area contributed by atoms with E-state index in [1.165, 1.54) is 18.2 Å². The lowest BCUT2D eigenvalue weighted by Gasteiger charge is -2.34. The van der Waals surface area contributed by atoms with Crippen molar-refractivity contribution >= 4 is 40.1 Å². The van der Waals surface area contributed by atoms with Crippen LogP contribution in [-0.4, -0.2) is 27.9 Å². The molecule has 2 bridgehead atoms. The van der Waals surface area contributed by atoms with Crippen LogP contribution in [0.2, 0.25) is 0 Å². The van der Waals surface area contributed by atoms with E-state index in [0.717, 1.165) is 29.8 Å². The van der Waals surface area contributed by atoms with Crippen LogP contribution in [-0.2, 0) is 9.59 Å². The third kappa shape index (κ3) is 3.61. The molecule has 0 radical (unpaired) electrons. The molecule has 0 spiro atoms. The smallest absolute Gasteiger partial charge is 0.240 e. The molecule has 1 aliphatic heterocycles. The highest BCUT2D eigenvalue weighted by Crippen LogP contribution is 2.64. The molecule has 1 saturated heterocycles. The number of fused-ring (bicyclic) bond motifs is 2. The number of anilines is 1. The van der Waals surface area contributed by atoms with Gasteiger partial charge in [0.25, 0.3) is 0 Å². The Morgan fingerprint density at radius 1 is 1.24 bits per heavy atom. The summed E-state index contributed by atoms with van der Waals surface area (Å²) < 4.78 is 0. The Labute approximate surface area is 176 Å². The first kappa shape index (κ1) is 20.1. The van der Waals surface area contributed by atoms with E-state index in [4.69, 9.17) is 0 Å². The molecule has 0 unspecified atom stereocenters. The number of aryl methyl sites for hydroxylation is 1. The van der Waals surface area contributed by atoms with Crippen molar-refractivity contribution in [3.05, 3.63) is 29.8 Å². The SMILES string of the molecule is Cc1ccc(NC(=O)C[C@@H]2S/C(=N/N=C3\C[C@H]4CC[C@]3(C)C4(C)C)NC2=O)cc1. The summed E-state index contributed by atoms with van der Waals surface area (Å²) in [6.45, 7) is 8.94. The van der Waals surface area contributed by atoms with Gasteiger partial charge in [0.2, 0.25) is 11.8 Å². The van der Waals surface area contributed by atoms with E-state index >= 15 is 0 Å². The zero-order valence-corrected chi connectivity index (χ0v) is 18.2. The van der Waals surface area contributed by atoms with E-state index in [-0.39, 0.29) is 29.1 Å². The minimum atomic E-state index is -0.480. The van der Waals surface area contributed by atoms with Crippen molar-refractivity contribution in [3.63, 3.8) is 0 Å². The maximum Gasteiger partial charge on any atom is 0.240 e. The Morgan fingerprint density at radius 3 is 2.59 bits per heavy atom. The highest BCUT2D eigenvalue weighted by atomic mass is 32.2. The first-order valence-electron chi connectivity index (χ1n) is 10.2. The van der Waals surface area contributed by atoms with Crippen molar-refractivity contribution in [2.75, 3.05) is 5.32 Å². The summed E-state index contributed by atoms with van der Waals surface area (Å²) in [5.74, 6) is 0.291. The average molecular weight is 413 g/mol. The highest BCUT2D eigenvalue weighted by molar-refractivity contribution is 8.15. The monoisotopic (exact) mass is 412 g/mol. The first-order valence-corrected chi connectivity index (χ1v) is 11.1. The molecule has 1 heterocycles. The number of carbonyl (C=O) groups excluding carboxylic acids is 2. The van der Waals surface area contributed by atoms with Crippen molar-refractivity contribution in [2.45, 2.75) is 58.6 Å². The molecule has 2 saturated carbocycles. The number of carbonyl (C=O) groups is 2. The maximum atomic E-state index is 12.3. The molecule has 2 aliphatic carbocycles. The number of hydrogen-bond donors (Lipinski definition) is 2. The van der Waals surface area contributed by atoms with Gasteiger partial charge in [0.05, 0.1) is 0 Å². The Balaban J connectivity index is 1.38. The fraction of sp³-hybridized carbons (Fsp3) is 0.545. The lowest BCUT2D eigenvalue weighted by molar-refractivity contribution is -0.122. The molecule has 6 nitrogen and oxygen atoms in total. The van der Waals surface area contributed by atoms with E-state index in [1.807, 2.05) is 31.2 Å². The summed E-state index contributed by atoms with van der Waals surface area (Å²) >= 11 is 1.28. The van der Waals surface area contributed by atoms with Gasteiger partial charge in [-0.3, -0.25) is 9.59 Å². The molecule has 3 atom stereocenters. The van der Waals surface area contributed by atoms with Gasteiger partial charge in [-0.1, -0.05) is 50.2 Å². The van der Waals surface area contributed by atoms with Gasteiger partial charge in [0, 0.05) is 23.2 Å². The zero-order valence-electron chi connectivity index (χ0n) is 17.4. The summed E-state index contributed by atoms with van der Waals surface area (Å²) in [5, 5.41) is 14.5. The van der Waals surface area contributed by atoms with E-state index in [1.54, 1.807) is 0 Å². The lowest BCUT2D eigenvalue weighted by Crippen LogP contribution is -2.32. The summed E-state index contributed by atoms with van der Waals surface area (Å²) in [6.07, 6.45) is 3.49. The van der Waals surface area contributed by atoms with Crippen LogP contribution in [0.15, 0.2) is 34.5 Å². The molecule has 1 aromatic carbocycles. The van der Waals surface area contributed by atoms with Crippen LogP contribution in [0.5, 0.6) is 0 Å². The molecule has 3 fully saturated rings. The summed E-state index contributed by atoms with van der Waals surface area (Å²) in [5.41, 5.74) is 3.33. The minimum absolute atomic E-state index is 0.0856. The molecule has 1 aromatic rings. The number of nitrogens with zero attached hydrogens (tertiary/aromatic N) is 2. The van der Waals surface area contributed by atoms with Crippen LogP contribution in [0.25, 0.3) is 0 Å². The lowest BCUT2D eigenvalue weighted by atomic mass is 9.70. The van der Waals surface area contributed by atoms with Crippen LogP contribution in [0.4, 0.5) is 5.69 Å². The van der Waals surface area contributed by atoms with Crippen LogP contribution in [0.3, 0.4) is 0 Å². The van der Waals surface area contributed by atoms with Crippen molar-refractivity contribution in [2.24, 2.45) is 27.0 Å². The Bertz CT molecular complexity index is 906. The van der Waals surface area contributed by atoms with Crippen LogP contribution >= 0.6 is 11.8 Å². The van der Waals surface area contributed by atoms with E-state index in [2.05, 4.69) is 41.6 Å². The molecule has 0 aromatic heterocycles. The van der Waals surface area contributed by atoms with Crippen LogP contribution in [0.1, 0.15) is 52.0 Å². The van der Waals surface area contributed by atoms with Crippen molar-refractivity contribution in [3.8, 4) is 0 Å². The van der Waals surface area contributed by atoms with Crippen molar-refractivity contribution in [1.29, 1.82) is 0 Å². The van der Waals surface area contributed by atoms with Crippen LogP contribution in [0, 0.1) is 23.7 Å². The molecule has 29 heavy (non-hydrogen) atoms. The average Bonchev–Trinajstić information content (AvgIpc) is 3.18. The fourth-order valence-corrected chi connectivity index (χ4v) is 5.71. The summed E-state index contributed by atoms with van der Waals surface area (Å²) in [6, 6.07) is 7.59. The Kier molecular flexibility index (Phi) is 5.05. The number of nitrogens with one attached hydrogen (secondary N) is 2. The van der Waals surface area contributed by atoms with Crippen molar-refractivity contribution in [1.82, 2.24) is 5.32 Å². The van der Waals surface area contributed by atoms with Gasteiger partial charge >= 0.3 is 0 Å². The summed E-state index contributed by atoms with van der Waals surface area (Å²) in [7, 11) is 0. The largest absolute Gasteiger partial charge is 0.326 e. The first-order chi connectivity index (χ1) is 13.7. The standard InChI is InChI=1S/C22H28N4O2S/c1-13-5-7-15(8-6-13)23-18(27)12-16-19(28)24-20(29-16)26-25-17-11-14-9-10-22(17,4)21(14,2)3/h5-8,14,16H,9-12H2,1-4H3,(H,23,27)(H,24,26,28)/b25-17+/t14-,16+,22+/m1/s1. The zero-order chi connectivity index (χ0) is 20.8. The van der Waals surface area contributed by atoms with E-state index in [0.29, 0.717) is 11.1 Å². The number of benzene rings is 1. The molecule has 4 rings (SSSR count). The second-order valence-corrected chi connectivity index (χ2v) is 10.4. The van der Waals surface area contributed by atoms with Gasteiger partial charge in [0.15, 0.2) is 5.17 Å². The minimum Gasteiger partial charge on any atom is -0.326 e. The van der Waals surface area contributed by atoms with Gasteiger partial charge < -0.3 is 10.6 Å². The fourth-order valence-electron chi connectivity index (χ4n) is 4.79. The highest BCUT2D eigenvalue weighted by Gasteiger charge is 2.60. The van der Waals surface area contributed by atoms with Gasteiger partial charge in [-0.25, -0.2) is 0 Å². The Morgan fingerprint density at radius 2 is 1.97 bits per heavy atom. The van der Waals surface area contributed by atoms with Gasteiger partial charge in [-0.2, -0.15) is 5.10 Å². The molecule has 2 amide bonds. The normalized spacial score (nSPS) is 32.8. The number of rotatable bonds is 4. The maximum absolute atomic E-state index is 12.3. The molecule has 2 N–H and O–H groups in total. The molecular weight excluding hydrogens is 384 g/mol.